The van der Waals surface area contributed by atoms with Crippen molar-refractivity contribution >= 4 is 24.1 Å². The van der Waals surface area contributed by atoms with E-state index in [9.17, 15) is 122 Å². The number of hydrogen-bond donors (Lipinski definition) is 25. The second-order valence-corrected chi connectivity index (χ2v) is 28.7. The molecule has 38 unspecified atom stereocenters. The van der Waals surface area contributed by atoms with Crippen LogP contribution in [-0.4, -0.2) is 431 Å². The summed E-state index contributed by atoms with van der Waals surface area (Å²) in [5.41, 5.74) is 11.5. The summed E-state index contributed by atoms with van der Waals surface area (Å²) in [6.45, 7) is 3.83. The van der Waals surface area contributed by atoms with Crippen molar-refractivity contribution in [3.63, 3.8) is 0 Å². The third-order valence-corrected chi connectivity index (χ3v) is 20.6. The summed E-state index contributed by atoms with van der Waals surface area (Å²) in [5.74, 6) is 0.488. The van der Waals surface area contributed by atoms with Gasteiger partial charge >= 0.3 is 0 Å². The quantitative estimate of drug-likeness (QED) is 0.0324. The first-order valence-electron chi connectivity index (χ1n) is 38.0. The molecule has 0 aliphatic carbocycles. The van der Waals surface area contributed by atoms with Crippen molar-refractivity contribution in [2.45, 2.75) is 344 Å². The first kappa shape index (κ1) is 99.7. The van der Waals surface area contributed by atoms with Crippen LogP contribution in [-0.2, 0) is 85.5 Å². The zero-order chi connectivity index (χ0) is 83.5. The molecule has 38 atom stereocenters. The molecule has 0 radical (unpaired) electrons. The lowest BCUT2D eigenvalue weighted by Crippen LogP contribution is -2.68. The van der Waals surface area contributed by atoms with Crippen LogP contribution < -0.4 is 22.1 Å². The predicted molar refractivity (Wildman–Crippen MR) is 375 cm³/mol. The van der Waals surface area contributed by atoms with E-state index in [0.29, 0.717) is 6.42 Å². The van der Waals surface area contributed by atoms with Gasteiger partial charge in [-0.1, -0.05) is 58.8 Å². The minimum Gasteiger partial charge on any atom is -0.394 e. The third kappa shape index (κ3) is 26.3. The van der Waals surface area contributed by atoms with Gasteiger partial charge < -0.3 is 200 Å². The Kier molecular flexibility index (Phi) is 44.2. The largest absolute Gasteiger partial charge is 0.394 e. The minimum absolute atomic E-state index is 0.0323. The van der Waals surface area contributed by atoms with Gasteiger partial charge in [0.15, 0.2) is 44.0 Å². The Morgan fingerprint density at radius 3 is 0.795 bits per heavy atom. The standard InChI is InChI=1S/C42H70O35.C17H35N3O2.C9H19NO.CH2O/c43-1-8-29-15(50)22(57)36(64-8)72-30-9(2-44)66-38(24(59)17(30)52)74-32-11(4-46)68-40(26(61)19(32)54)76-34-13(6-48)70-42(28(63)21(34)56)77-35-14(7-49)69-41(27(62)20(35)55)75-33-12(5-47)67-39(25(60)18(33)53)73-31-10(3-45)65-37(71-29)23(58)16(31)51;1-4-20-16(14(2)21)11-6-5-7-12-17(22)15(18)10-8-9-13-19-3;1-3-4-5-6-7-9(10)8(2)11;1-2/h8-63H,1-7H2;15-16,19-20H,4-13,18H2,1-3H3;9H,3-7,10H2,1-2H3;1H2. The normalized spacial score (nSPS) is 42.1. The van der Waals surface area contributed by atoms with Crippen molar-refractivity contribution in [1.82, 2.24) is 10.6 Å². The van der Waals surface area contributed by atoms with E-state index in [1.165, 1.54) is 19.3 Å². The predicted octanol–water partition coefficient (Wildman–Crippen LogP) is -11.8. The molecule has 21 heterocycles. The summed E-state index contributed by atoms with van der Waals surface area (Å²) in [4.78, 5) is 42.0. The molecule has 21 fully saturated rings. The number of carbonyl (C=O) groups excluding carboxylic acids is 4. The van der Waals surface area contributed by atoms with E-state index in [1.54, 1.807) is 13.8 Å². The highest BCUT2D eigenvalue weighted by atomic mass is 16.8. The van der Waals surface area contributed by atoms with Crippen molar-refractivity contribution in [1.29, 1.82) is 0 Å². The number of nitrogens with two attached hydrogens (primary N) is 2. The Bertz CT molecular complexity index is 2280. The summed E-state index contributed by atoms with van der Waals surface area (Å²) in [5, 5.41) is 237. The van der Waals surface area contributed by atoms with Crippen LogP contribution >= 0.6 is 0 Å². The van der Waals surface area contributed by atoms with Gasteiger partial charge in [0.25, 0.3) is 0 Å². The van der Waals surface area contributed by atoms with E-state index in [-0.39, 0.29) is 35.5 Å². The smallest absolute Gasteiger partial charge is 0.187 e. The number of unbranched alkanes of at least 4 members (excludes halogenated alkanes) is 6. The van der Waals surface area contributed by atoms with Gasteiger partial charge in [0.2, 0.25) is 0 Å². The fourth-order valence-corrected chi connectivity index (χ4v) is 13.9. The van der Waals surface area contributed by atoms with Crippen molar-refractivity contribution in [2.75, 3.05) is 66.4 Å². The van der Waals surface area contributed by atoms with Crippen LogP contribution in [0, 0.1) is 0 Å². The summed E-state index contributed by atoms with van der Waals surface area (Å²) in [7, 11) is 1.93. The highest BCUT2D eigenvalue weighted by molar-refractivity contribution is 5.83. The van der Waals surface area contributed by atoms with Crippen LogP contribution in [0.3, 0.4) is 0 Å². The van der Waals surface area contributed by atoms with Crippen molar-refractivity contribution in [3.8, 4) is 0 Å². The van der Waals surface area contributed by atoms with E-state index in [0.717, 1.165) is 70.9 Å². The Hall–Kier alpha value is -2.88. The molecule has 21 aliphatic heterocycles. The van der Waals surface area contributed by atoms with Crippen molar-refractivity contribution in [2.24, 2.45) is 11.5 Å². The van der Waals surface area contributed by atoms with Gasteiger partial charge in [-0.2, -0.15) is 0 Å². The fourth-order valence-electron chi connectivity index (χ4n) is 13.9. The van der Waals surface area contributed by atoms with Gasteiger partial charge in [0.1, 0.15) is 195 Å². The van der Waals surface area contributed by atoms with Gasteiger partial charge in [0, 0.05) is 6.42 Å². The summed E-state index contributed by atoms with van der Waals surface area (Å²) in [6, 6.07) is -0.550. The Labute approximate surface area is 647 Å². The lowest BCUT2D eigenvalue weighted by molar-refractivity contribution is -0.396. The molecule has 0 amide bonds. The average Bonchev–Trinajstić information content (AvgIpc) is 0.781. The lowest BCUT2D eigenvalue weighted by atomic mass is 9.95. The molecule has 21 rings (SSSR count). The number of nitrogens with one attached hydrogen (secondary N) is 2. The Morgan fingerprint density at radius 1 is 0.330 bits per heavy atom. The van der Waals surface area contributed by atoms with Crippen LogP contribution in [0.1, 0.15) is 111 Å². The van der Waals surface area contributed by atoms with Crippen LogP contribution in [0.5, 0.6) is 0 Å². The van der Waals surface area contributed by atoms with Crippen molar-refractivity contribution < 1.29 is 193 Å². The number of aliphatic hydroxyl groups excluding tert-OH is 21. The molecule has 0 saturated carbocycles. The molecule has 43 nitrogen and oxygen atoms in total. The summed E-state index contributed by atoms with van der Waals surface area (Å²) >= 11 is 0. The second kappa shape index (κ2) is 49.6. The van der Waals surface area contributed by atoms with Crippen LogP contribution in [0.25, 0.3) is 0 Å². The topological polar surface area (TPSA) is 698 Å². The van der Waals surface area contributed by atoms with E-state index in [2.05, 4.69) is 17.6 Å². The number of carbonyl (C=O) groups is 4. The van der Waals surface area contributed by atoms with E-state index >= 15 is 0 Å². The highest BCUT2D eigenvalue weighted by Crippen LogP contribution is 2.39. The van der Waals surface area contributed by atoms with E-state index < -0.39 is 261 Å². The first-order valence-corrected chi connectivity index (χ1v) is 38.0. The maximum atomic E-state index is 11.9. The molecule has 0 aromatic rings. The molecule has 656 valence electrons. The average molecular weight is 1640 g/mol. The lowest BCUT2D eigenvalue weighted by Gasteiger charge is -2.50. The molecule has 21 aliphatic rings. The number of aliphatic hydroxyl groups is 21. The van der Waals surface area contributed by atoms with E-state index in [4.69, 9.17) is 82.6 Å². The molecule has 14 bridgehead atoms. The minimum atomic E-state index is -2.21. The zero-order valence-electron chi connectivity index (χ0n) is 63.6. The Balaban J connectivity index is 0.000000530. The zero-order valence-corrected chi connectivity index (χ0v) is 63.6. The molecular weight excluding hydrogens is 1510 g/mol. The maximum absolute atomic E-state index is 11.9. The third-order valence-electron chi connectivity index (χ3n) is 20.6. The maximum Gasteiger partial charge on any atom is 0.187 e. The molecule has 27 N–H and O–H groups in total. The molecule has 0 aromatic heterocycles. The number of rotatable bonds is 28. The van der Waals surface area contributed by atoms with E-state index in [1.807, 2.05) is 20.8 Å². The van der Waals surface area contributed by atoms with Crippen LogP contribution in [0.15, 0.2) is 0 Å². The Morgan fingerprint density at radius 2 is 0.571 bits per heavy atom. The fraction of sp³-hybridized carbons (Fsp3) is 0.942. The van der Waals surface area contributed by atoms with Gasteiger partial charge in [-0.25, -0.2) is 0 Å². The number of hydrogen-bond acceptors (Lipinski definition) is 43. The summed E-state index contributed by atoms with van der Waals surface area (Å²) < 4.78 is 79.5. The monoisotopic (exact) mass is 1630 g/mol. The van der Waals surface area contributed by atoms with Gasteiger partial charge in [-0.05, 0) is 66.1 Å². The number of ketones is 3. The van der Waals surface area contributed by atoms with Crippen LogP contribution in [0.4, 0.5) is 0 Å². The first-order chi connectivity index (χ1) is 53.4. The van der Waals surface area contributed by atoms with Gasteiger partial charge in [-0.15, -0.1) is 0 Å². The van der Waals surface area contributed by atoms with Crippen molar-refractivity contribution in [3.05, 3.63) is 0 Å². The van der Waals surface area contributed by atoms with Gasteiger partial charge in [0.05, 0.1) is 64.4 Å². The summed E-state index contributed by atoms with van der Waals surface area (Å²) in [6.07, 6.45) is -57.5. The number of likely N-dealkylation sites (N-methyl/N-ethyl adjacent to an activating group) is 1. The number of ether oxygens (including phenoxy) is 14. The SMILES string of the molecule is C=O.CCCCCCC(N)C(C)=O.CCNC(CCCCCC(=O)C(N)CCCCNC)C(C)=O.OCC1OC2OC3C(CO)OC(OC4C(CO)OC(OC5C(CO)OC(OC6C(CO)OC(OC7C(CO)OC(OC8C(CO)OC(OC1C(O)C2O)C(O)C8O)C(O)C7O)C(O)C6O)C(O)C5O)C(O)C4O)C(O)C3O. The molecule has 21 saturated heterocycles. The van der Waals surface area contributed by atoms with Crippen LogP contribution in [0.2, 0.25) is 0 Å². The number of Topliss-reactive ketones (excluding diaryl/α,β-unsaturated/α-hetero) is 3. The molecule has 43 heteroatoms. The molecule has 0 spiro atoms. The highest BCUT2D eigenvalue weighted by Gasteiger charge is 2.60. The van der Waals surface area contributed by atoms with Gasteiger partial charge in [-0.3, -0.25) is 14.4 Å². The molecular formula is C69H126N4O39. The molecule has 112 heavy (non-hydrogen) atoms. The second-order valence-electron chi connectivity index (χ2n) is 28.7. The molecule has 0 aromatic carbocycles.